The third-order valence-electron chi connectivity index (χ3n) is 3.51. The highest BCUT2D eigenvalue weighted by Crippen LogP contribution is 2.32. The Morgan fingerprint density at radius 2 is 2.13 bits per heavy atom. The Morgan fingerprint density at radius 3 is 2.87 bits per heavy atom. The minimum Gasteiger partial charge on any atom is -0.350 e. The molecule has 0 unspecified atom stereocenters. The average molecular weight is 349 g/mol. The van der Waals surface area contributed by atoms with Crippen molar-refractivity contribution < 1.29 is 4.79 Å². The molecule has 2 heterocycles. The lowest BCUT2D eigenvalue weighted by molar-refractivity contribution is 0.0958. The predicted octanol–water partition coefficient (Wildman–Crippen LogP) is 3.00. The van der Waals surface area contributed by atoms with Crippen molar-refractivity contribution in [3.63, 3.8) is 0 Å². The Morgan fingerprint density at radius 1 is 1.35 bits per heavy atom. The molecule has 0 bridgehead atoms. The van der Waals surface area contributed by atoms with Gasteiger partial charge in [-0.05, 0) is 32.2 Å². The van der Waals surface area contributed by atoms with Gasteiger partial charge < -0.3 is 10.6 Å². The second-order valence-electron chi connectivity index (χ2n) is 5.14. The van der Waals surface area contributed by atoms with Gasteiger partial charge in [0.15, 0.2) is 0 Å². The Bertz CT molecular complexity index is 855. The molecule has 0 aliphatic rings. The Labute approximate surface area is 143 Å². The summed E-state index contributed by atoms with van der Waals surface area (Å²) in [5.74, 6) is -0.0634. The molecular weight excluding hydrogens is 332 g/mol. The summed E-state index contributed by atoms with van der Waals surface area (Å²) in [5.41, 5.74) is 1.70. The molecule has 2 aromatic heterocycles. The monoisotopic (exact) mass is 348 g/mol. The van der Waals surface area contributed by atoms with E-state index in [-0.39, 0.29) is 5.91 Å². The number of carbonyl (C=O) groups excluding carboxylic acids is 1. The van der Waals surface area contributed by atoms with E-state index in [1.807, 2.05) is 49.0 Å². The number of carbonyl (C=O) groups is 1. The lowest BCUT2D eigenvalue weighted by atomic mass is 10.3. The fourth-order valence-electron chi connectivity index (χ4n) is 2.33. The third-order valence-corrected chi connectivity index (χ3v) is 4.94. The van der Waals surface area contributed by atoms with Crippen molar-refractivity contribution in [3.8, 4) is 5.69 Å². The molecule has 3 rings (SSSR count). The highest BCUT2D eigenvalue weighted by Gasteiger charge is 2.17. The number of aromatic nitrogens is 2. The molecule has 0 saturated heterocycles. The van der Waals surface area contributed by atoms with Gasteiger partial charge in [0.1, 0.15) is 4.83 Å². The number of fused-ring (bicyclic) bond motifs is 1. The molecule has 0 fully saturated rings. The number of nitrogens with zero attached hydrogens (tertiary/aromatic N) is 2. The smallest absolute Gasteiger partial charge is 0.261 e. The van der Waals surface area contributed by atoms with E-state index in [0.717, 1.165) is 28.1 Å². The SMILES string of the molecule is CNCCNC(=O)c1cc2c(C)nn(-c3ccccc3Cl)c2s1. The molecule has 2 N–H and O–H groups in total. The quantitative estimate of drug-likeness (QED) is 0.697. The van der Waals surface area contributed by atoms with E-state index < -0.39 is 0 Å². The molecule has 0 spiro atoms. The second-order valence-corrected chi connectivity index (χ2v) is 6.58. The van der Waals surface area contributed by atoms with Crippen LogP contribution in [0.3, 0.4) is 0 Å². The minimum absolute atomic E-state index is 0.0634. The zero-order chi connectivity index (χ0) is 16.4. The molecule has 7 heteroatoms. The number of halogens is 1. The van der Waals surface area contributed by atoms with E-state index >= 15 is 0 Å². The maximum atomic E-state index is 12.2. The number of likely N-dealkylation sites (N-methyl/N-ethyl adjacent to an activating group) is 1. The van der Waals surface area contributed by atoms with Crippen LogP contribution < -0.4 is 10.6 Å². The molecule has 0 radical (unpaired) electrons. The summed E-state index contributed by atoms with van der Waals surface area (Å²) in [6.07, 6.45) is 0. The van der Waals surface area contributed by atoms with Gasteiger partial charge in [0.2, 0.25) is 0 Å². The first-order chi connectivity index (χ1) is 11.1. The summed E-state index contributed by atoms with van der Waals surface area (Å²) in [4.78, 5) is 13.8. The topological polar surface area (TPSA) is 58.9 Å². The van der Waals surface area contributed by atoms with E-state index in [4.69, 9.17) is 11.6 Å². The molecule has 1 aromatic carbocycles. The first-order valence-electron chi connectivity index (χ1n) is 7.28. The zero-order valence-corrected chi connectivity index (χ0v) is 14.5. The van der Waals surface area contributed by atoms with E-state index in [1.54, 1.807) is 0 Å². The van der Waals surface area contributed by atoms with Crippen LogP contribution in [0.25, 0.3) is 15.9 Å². The molecule has 0 aliphatic heterocycles. The van der Waals surface area contributed by atoms with E-state index in [2.05, 4.69) is 15.7 Å². The summed E-state index contributed by atoms with van der Waals surface area (Å²) in [7, 11) is 1.85. The second kappa shape index (κ2) is 6.70. The Balaban J connectivity index is 1.99. The van der Waals surface area contributed by atoms with Crippen LogP contribution in [0.1, 0.15) is 15.4 Å². The van der Waals surface area contributed by atoms with Crippen molar-refractivity contribution in [1.82, 2.24) is 20.4 Å². The highest BCUT2D eigenvalue weighted by atomic mass is 35.5. The summed E-state index contributed by atoms with van der Waals surface area (Å²) in [6.45, 7) is 3.27. The largest absolute Gasteiger partial charge is 0.350 e. The lowest BCUT2D eigenvalue weighted by Gasteiger charge is -2.04. The summed E-state index contributed by atoms with van der Waals surface area (Å²) >= 11 is 7.70. The van der Waals surface area contributed by atoms with Gasteiger partial charge in [-0.2, -0.15) is 5.10 Å². The predicted molar refractivity (Wildman–Crippen MR) is 95.0 cm³/mol. The Kier molecular flexibility index (Phi) is 4.66. The molecule has 1 amide bonds. The number of thiophene rings is 1. The maximum absolute atomic E-state index is 12.2. The number of benzene rings is 1. The average Bonchev–Trinajstić information content (AvgIpc) is 3.09. The van der Waals surface area contributed by atoms with E-state index in [1.165, 1.54) is 11.3 Å². The van der Waals surface area contributed by atoms with Crippen LogP contribution in [-0.2, 0) is 0 Å². The normalized spacial score (nSPS) is 11.1. The zero-order valence-electron chi connectivity index (χ0n) is 12.9. The van der Waals surface area contributed by atoms with Crippen LogP contribution >= 0.6 is 22.9 Å². The van der Waals surface area contributed by atoms with Crippen molar-refractivity contribution >= 4 is 39.1 Å². The van der Waals surface area contributed by atoms with Crippen LogP contribution in [0.5, 0.6) is 0 Å². The molecule has 0 atom stereocenters. The highest BCUT2D eigenvalue weighted by molar-refractivity contribution is 7.20. The van der Waals surface area contributed by atoms with Crippen LogP contribution in [0.2, 0.25) is 5.02 Å². The standard InChI is InChI=1S/C16H17ClN4OS/c1-10-11-9-14(15(22)19-8-7-18-2)23-16(11)21(20-10)13-6-4-3-5-12(13)17/h3-6,9,18H,7-8H2,1-2H3,(H,19,22). The van der Waals surface area contributed by atoms with Gasteiger partial charge in [-0.3, -0.25) is 4.79 Å². The van der Waals surface area contributed by atoms with Gasteiger partial charge in [-0.15, -0.1) is 11.3 Å². The number of para-hydroxylation sites is 1. The fraction of sp³-hybridized carbons (Fsp3) is 0.250. The van der Waals surface area contributed by atoms with Crippen molar-refractivity contribution in [3.05, 3.63) is 45.9 Å². The number of aryl methyl sites for hydroxylation is 1. The van der Waals surface area contributed by atoms with Crippen LogP contribution in [0, 0.1) is 6.92 Å². The first-order valence-corrected chi connectivity index (χ1v) is 8.48. The van der Waals surface area contributed by atoms with Gasteiger partial charge in [0.25, 0.3) is 5.91 Å². The molecular formula is C16H17ClN4OS. The van der Waals surface area contributed by atoms with Crippen molar-refractivity contribution in [2.24, 2.45) is 0 Å². The third kappa shape index (κ3) is 3.10. The minimum atomic E-state index is -0.0634. The van der Waals surface area contributed by atoms with Gasteiger partial charge >= 0.3 is 0 Å². The number of amides is 1. The van der Waals surface area contributed by atoms with Gasteiger partial charge in [-0.25, -0.2) is 4.68 Å². The summed E-state index contributed by atoms with van der Waals surface area (Å²) in [6, 6.07) is 9.45. The molecule has 120 valence electrons. The first kappa shape index (κ1) is 16.0. The molecule has 5 nitrogen and oxygen atoms in total. The number of rotatable bonds is 5. The summed E-state index contributed by atoms with van der Waals surface area (Å²) in [5, 5.41) is 12.1. The lowest BCUT2D eigenvalue weighted by Crippen LogP contribution is -2.29. The van der Waals surface area contributed by atoms with Gasteiger partial charge in [0.05, 0.1) is 21.3 Å². The Hall–Kier alpha value is -1.89. The van der Waals surface area contributed by atoms with E-state index in [9.17, 15) is 4.79 Å². The molecule has 0 saturated carbocycles. The van der Waals surface area contributed by atoms with Crippen LogP contribution in [0.4, 0.5) is 0 Å². The number of hydrogen-bond donors (Lipinski definition) is 2. The fourth-order valence-corrected chi connectivity index (χ4v) is 3.64. The molecule has 23 heavy (non-hydrogen) atoms. The maximum Gasteiger partial charge on any atom is 0.261 e. The summed E-state index contributed by atoms with van der Waals surface area (Å²) < 4.78 is 1.81. The van der Waals surface area contributed by atoms with Crippen molar-refractivity contribution in [1.29, 1.82) is 0 Å². The van der Waals surface area contributed by atoms with E-state index in [0.29, 0.717) is 16.4 Å². The van der Waals surface area contributed by atoms with Crippen molar-refractivity contribution in [2.75, 3.05) is 20.1 Å². The van der Waals surface area contributed by atoms with Crippen LogP contribution in [-0.4, -0.2) is 35.8 Å². The number of hydrogen-bond acceptors (Lipinski definition) is 4. The molecule has 3 aromatic rings. The van der Waals surface area contributed by atoms with Gasteiger partial charge in [0, 0.05) is 18.5 Å². The van der Waals surface area contributed by atoms with Gasteiger partial charge in [-0.1, -0.05) is 23.7 Å². The van der Waals surface area contributed by atoms with Crippen LogP contribution in [0.15, 0.2) is 30.3 Å². The number of nitrogens with one attached hydrogen (secondary N) is 2. The molecule has 0 aliphatic carbocycles. The van der Waals surface area contributed by atoms with Crippen molar-refractivity contribution in [2.45, 2.75) is 6.92 Å².